The molecular formula is HAs2Br3N2. The Morgan fingerprint density at radius 1 is 1.43 bits per heavy atom. The van der Waals surface area contributed by atoms with E-state index in [4.69, 9.17) is 0 Å². The van der Waals surface area contributed by atoms with Crippen LogP contribution in [0.1, 0.15) is 0 Å². The average Bonchev–Trinajstić information content (AvgIpc) is 1.61. The van der Waals surface area contributed by atoms with Gasteiger partial charge in [-0.25, -0.2) is 0 Å². The summed E-state index contributed by atoms with van der Waals surface area (Å²) in [6.07, 6.45) is 0. The summed E-state index contributed by atoms with van der Waals surface area (Å²) in [5.41, 5.74) is 0. The van der Waals surface area contributed by atoms with E-state index in [0.29, 0.717) is 0 Å². The quantitative estimate of drug-likeness (QED) is 0.483. The van der Waals surface area contributed by atoms with Gasteiger partial charge in [-0.15, -0.1) is 0 Å². The van der Waals surface area contributed by atoms with Crippen molar-refractivity contribution in [3.8, 4) is 0 Å². The Balaban J connectivity index is 3.08. The van der Waals surface area contributed by atoms with Crippen molar-refractivity contribution in [2.45, 2.75) is 0 Å². The third-order valence-corrected chi connectivity index (χ3v) is 4.05. The third-order valence-electron chi connectivity index (χ3n) is 0.150. The molecule has 0 bridgehead atoms. The van der Waals surface area contributed by atoms with Crippen molar-refractivity contribution in [3.05, 3.63) is 0 Å². The molecule has 0 aromatic carbocycles. The van der Waals surface area contributed by atoms with E-state index < -0.39 is 11.1 Å². The van der Waals surface area contributed by atoms with E-state index >= 15 is 0 Å². The van der Waals surface area contributed by atoms with E-state index in [2.05, 4.69) is 49.9 Å². The molecule has 1 unspecified atom stereocenters. The second-order valence-corrected chi connectivity index (χ2v) is 16.3. The van der Waals surface area contributed by atoms with Gasteiger partial charge in [0.25, 0.3) is 0 Å². The molecule has 7 heavy (non-hydrogen) atoms. The molecule has 0 spiro atoms. The third kappa shape index (κ3) is 8.16. The van der Waals surface area contributed by atoms with Gasteiger partial charge in [0.1, 0.15) is 0 Å². The van der Waals surface area contributed by atoms with Crippen LogP contribution in [0.4, 0.5) is 0 Å². The Morgan fingerprint density at radius 3 is 2.14 bits per heavy atom. The molecule has 0 radical (unpaired) electrons. The van der Waals surface area contributed by atoms with Crippen LogP contribution < -0.4 is 0 Å². The van der Waals surface area contributed by atoms with Crippen LogP contribution in [0.15, 0.2) is 8.06 Å². The molecule has 7 heteroatoms. The van der Waals surface area contributed by atoms with Crippen LogP contribution in [0.2, 0.25) is 0 Å². The molecule has 0 aliphatic heterocycles. The predicted molar refractivity (Wildman–Crippen MR) is 44.5 cm³/mol. The van der Waals surface area contributed by atoms with Crippen molar-refractivity contribution >= 4 is 67.1 Å². The van der Waals surface area contributed by atoms with Gasteiger partial charge in [0, 0.05) is 0 Å². The Hall–Kier alpha value is 2.16. The predicted octanol–water partition coefficient (Wildman–Crippen LogP) is 1.87. The minimum absolute atomic E-state index is 0.284. The van der Waals surface area contributed by atoms with Crippen molar-refractivity contribution < 1.29 is 0 Å². The summed E-state index contributed by atoms with van der Waals surface area (Å²) in [5, 5.41) is 0. The van der Waals surface area contributed by atoms with Gasteiger partial charge in [0.05, 0.1) is 0 Å². The zero-order valence-electron chi connectivity index (χ0n) is 2.98. The Bertz CT molecular complexity index is 62.0. The molecular weight excluding hydrogens is 418 g/mol. The fourth-order valence-corrected chi connectivity index (χ4v) is 7.11. The number of hydrogen-bond donors (Lipinski definition) is 0. The van der Waals surface area contributed by atoms with Gasteiger partial charge in [0.2, 0.25) is 0 Å². The summed E-state index contributed by atoms with van der Waals surface area (Å²) >= 11 is 8.34. The van der Waals surface area contributed by atoms with Gasteiger partial charge in [0.15, 0.2) is 0 Å². The van der Waals surface area contributed by atoms with Crippen LogP contribution in [0.5, 0.6) is 0 Å². The molecule has 1 atom stereocenters. The average molecular weight is 419 g/mol. The summed E-state index contributed by atoms with van der Waals surface area (Å²) < 4.78 is 7.66. The van der Waals surface area contributed by atoms with Gasteiger partial charge in [-0.1, -0.05) is 0 Å². The molecule has 0 aromatic rings. The first-order valence-electron chi connectivity index (χ1n) is 1.15. The normalized spacial score (nSPS) is 13.1. The maximum absolute atomic E-state index is 3.86. The second kappa shape index (κ2) is 6.28. The fraction of sp³-hybridized carbons (Fsp3) is 0. The molecule has 0 saturated heterocycles. The molecule has 2 nitrogen and oxygen atoms in total. The minimum atomic E-state index is -1.16. The van der Waals surface area contributed by atoms with Gasteiger partial charge >= 0.3 is 75.1 Å². The van der Waals surface area contributed by atoms with Crippen LogP contribution in [-0.4, -0.2) is 25.3 Å². The summed E-state index contributed by atoms with van der Waals surface area (Å²) in [6, 6.07) is 0. The summed E-state index contributed by atoms with van der Waals surface area (Å²) in [7, 11) is 0. The molecule has 42 valence electrons. The Labute approximate surface area is 74.0 Å². The number of nitrogens with zero attached hydrogens (tertiary/aromatic N) is 2. The molecule has 0 heterocycles. The van der Waals surface area contributed by atoms with Crippen LogP contribution in [0.25, 0.3) is 0 Å². The SMILES string of the molecule is Br[AsH]N=N[As](Br)Br. The van der Waals surface area contributed by atoms with E-state index in [1.165, 1.54) is 0 Å². The fourth-order valence-electron chi connectivity index (χ4n) is 0.0507. The van der Waals surface area contributed by atoms with E-state index in [1.54, 1.807) is 0 Å². The first kappa shape index (κ1) is 9.16. The number of rotatable bonds is 2. The standard InChI is InChI=1S/As2Br3HN2/c3-1-6-7-2(4)5/h1H. The van der Waals surface area contributed by atoms with Crippen molar-refractivity contribution in [1.82, 2.24) is 0 Å². The van der Waals surface area contributed by atoms with Gasteiger partial charge < -0.3 is 0 Å². The van der Waals surface area contributed by atoms with E-state index in [-0.39, 0.29) is 14.1 Å². The molecule has 0 aliphatic carbocycles. The number of hydrogen-bond acceptors (Lipinski definition) is 2. The van der Waals surface area contributed by atoms with Crippen molar-refractivity contribution in [2.75, 3.05) is 0 Å². The van der Waals surface area contributed by atoms with Gasteiger partial charge in [-0.3, -0.25) is 0 Å². The number of halogens is 3. The van der Waals surface area contributed by atoms with Crippen LogP contribution >= 0.6 is 41.8 Å². The van der Waals surface area contributed by atoms with Crippen LogP contribution in [0.3, 0.4) is 0 Å². The molecule has 0 aromatic heterocycles. The molecule has 0 fully saturated rings. The molecule has 0 saturated carbocycles. The molecule has 0 amide bonds. The molecule has 0 rings (SSSR count). The topological polar surface area (TPSA) is 24.7 Å². The monoisotopic (exact) mass is 416 g/mol. The zero-order valence-corrected chi connectivity index (χ0v) is 11.7. The van der Waals surface area contributed by atoms with Gasteiger partial charge in [-0.2, -0.15) is 0 Å². The van der Waals surface area contributed by atoms with E-state index in [9.17, 15) is 0 Å². The molecule has 0 N–H and O–H groups in total. The summed E-state index contributed by atoms with van der Waals surface area (Å²) in [4.78, 5) is 0. The van der Waals surface area contributed by atoms with Gasteiger partial charge in [-0.05, 0) is 0 Å². The first-order valence-corrected chi connectivity index (χ1v) is 16.6. The zero-order chi connectivity index (χ0) is 5.70. The Kier molecular flexibility index (Phi) is 8.21. The maximum atomic E-state index is 3.86. The van der Waals surface area contributed by atoms with Crippen molar-refractivity contribution in [2.24, 2.45) is 8.06 Å². The first-order chi connectivity index (χ1) is 3.27. The van der Waals surface area contributed by atoms with Crippen LogP contribution in [-0.2, 0) is 0 Å². The summed E-state index contributed by atoms with van der Waals surface area (Å²) in [6.45, 7) is 0. The van der Waals surface area contributed by atoms with E-state index in [0.717, 1.165) is 0 Å². The Morgan fingerprint density at radius 2 is 2.00 bits per heavy atom. The molecule has 0 aliphatic rings. The van der Waals surface area contributed by atoms with Crippen LogP contribution in [0, 0.1) is 0 Å². The van der Waals surface area contributed by atoms with Crippen molar-refractivity contribution in [1.29, 1.82) is 0 Å². The van der Waals surface area contributed by atoms with E-state index in [1.807, 2.05) is 0 Å². The second-order valence-electron chi connectivity index (χ2n) is 0.489. The summed E-state index contributed by atoms with van der Waals surface area (Å²) in [5.74, 6) is 0. The van der Waals surface area contributed by atoms with Crippen molar-refractivity contribution in [3.63, 3.8) is 0 Å².